The van der Waals surface area contributed by atoms with Crippen LogP contribution in [0.2, 0.25) is 0 Å². The Morgan fingerprint density at radius 1 is 1.56 bits per heavy atom. The number of carbonyl (C=O) groups excluding carboxylic acids is 1. The quantitative estimate of drug-likeness (QED) is 0.692. The standard InChI is InChI=1S/C16H21BrFN5O.ClH/c1-8(2)16(24)22-12-6-21-15-13(12)14(9(17)5-20-15)23-4-3-10(18)11(19)7-23;/h5-6,8,10-11H,3-4,7,19H2,1-2H3,(H,20,21)(H,22,24);1H/t10-,11-;/m1./s1. The Hall–Kier alpha value is -1.38. The molecule has 1 amide bonds. The van der Waals surface area contributed by atoms with Crippen LogP contribution in [0.5, 0.6) is 0 Å². The minimum absolute atomic E-state index is 0. The van der Waals surface area contributed by atoms with Gasteiger partial charge in [0.05, 0.1) is 27.3 Å². The zero-order valence-corrected chi connectivity index (χ0v) is 16.5. The van der Waals surface area contributed by atoms with E-state index in [1.54, 1.807) is 12.4 Å². The largest absolute Gasteiger partial charge is 0.368 e. The summed E-state index contributed by atoms with van der Waals surface area (Å²) in [7, 11) is 0. The maximum Gasteiger partial charge on any atom is 0.226 e. The molecule has 3 heterocycles. The molecule has 0 bridgehead atoms. The summed E-state index contributed by atoms with van der Waals surface area (Å²) in [6, 6.07) is -0.526. The molecule has 1 aliphatic rings. The number of hydrogen-bond acceptors (Lipinski definition) is 4. The zero-order valence-electron chi connectivity index (χ0n) is 14.1. The molecule has 9 heteroatoms. The molecule has 0 radical (unpaired) electrons. The van der Waals surface area contributed by atoms with Gasteiger partial charge in [0.1, 0.15) is 11.8 Å². The third-order valence-corrected chi connectivity index (χ3v) is 4.88. The molecule has 0 aromatic carbocycles. The van der Waals surface area contributed by atoms with Gasteiger partial charge in [0.25, 0.3) is 0 Å². The third-order valence-electron chi connectivity index (χ3n) is 4.30. The van der Waals surface area contributed by atoms with Crippen LogP contribution >= 0.6 is 28.3 Å². The lowest BCUT2D eigenvalue weighted by molar-refractivity contribution is -0.118. The van der Waals surface area contributed by atoms with Crippen molar-refractivity contribution >= 4 is 56.7 Å². The van der Waals surface area contributed by atoms with Gasteiger partial charge in [0.2, 0.25) is 5.91 Å². The van der Waals surface area contributed by atoms with E-state index in [9.17, 15) is 9.18 Å². The van der Waals surface area contributed by atoms with Crippen LogP contribution in [0.3, 0.4) is 0 Å². The number of anilines is 2. The first kappa shape index (κ1) is 19.9. The molecule has 1 saturated heterocycles. The fourth-order valence-corrected chi connectivity index (χ4v) is 3.45. The Morgan fingerprint density at radius 3 is 2.92 bits per heavy atom. The van der Waals surface area contributed by atoms with Gasteiger partial charge in [-0.05, 0) is 22.4 Å². The molecular weight excluding hydrogens is 413 g/mol. The number of nitrogens with one attached hydrogen (secondary N) is 2. The van der Waals surface area contributed by atoms with E-state index in [4.69, 9.17) is 5.73 Å². The molecule has 0 spiro atoms. The minimum atomic E-state index is -0.983. The number of alkyl halides is 1. The van der Waals surface area contributed by atoms with Gasteiger partial charge in [-0.2, -0.15) is 0 Å². The summed E-state index contributed by atoms with van der Waals surface area (Å²) in [5.74, 6) is -0.199. The number of hydrogen-bond donors (Lipinski definition) is 3. The number of fused-ring (bicyclic) bond motifs is 1. The Bertz CT molecular complexity index is 768. The lowest BCUT2D eigenvalue weighted by Gasteiger charge is -2.35. The molecule has 3 rings (SSSR count). The fourth-order valence-electron chi connectivity index (χ4n) is 2.90. The van der Waals surface area contributed by atoms with Gasteiger partial charge < -0.3 is 20.9 Å². The predicted molar refractivity (Wildman–Crippen MR) is 104 cm³/mol. The summed E-state index contributed by atoms with van der Waals surface area (Å²) in [6.07, 6.45) is 2.84. The maximum absolute atomic E-state index is 13.7. The molecule has 0 aliphatic carbocycles. The molecule has 1 fully saturated rings. The second-order valence-electron chi connectivity index (χ2n) is 6.44. The second kappa shape index (κ2) is 7.88. The highest BCUT2D eigenvalue weighted by molar-refractivity contribution is 9.10. The average molecular weight is 435 g/mol. The SMILES string of the molecule is CC(C)C(=O)Nc1c[nH]c2ncc(Br)c(N3CC[C@@H](F)[C@H](N)C3)c12.Cl. The van der Waals surface area contributed by atoms with E-state index in [0.717, 1.165) is 15.5 Å². The first-order valence-electron chi connectivity index (χ1n) is 7.99. The molecule has 138 valence electrons. The van der Waals surface area contributed by atoms with Crippen molar-refractivity contribution in [3.63, 3.8) is 0 Å². The van der Waals surface area contributed by atoms with Crippen LogP contribution in [-0.2, 0) is 4.79 Å². The molecule has 0 saturated carbocycles. The van der Waals surface area contributed by atoms with Gasteiger partial charge in [0.15, 0.2) is 0 Å². The van der Waals surface area contributed by atoms with Gasteiger partial charge in [0, 0.05) is 31.4 Å². The van der Waals surface area contributed by atoms with E-state index < -0.39 is 12.2 Å². The molecular formula is C16H22BrClFN5O. The average Bonchev–Trinajstić information content (AvgIpc) is 2.93. The summed E-state index contributed by atoms with van der Waals surface area (Å²) in [5, 5.41) is 3.74. The molecule has 4 N–H and O–H groups in total. The third kappa shape index (κ3) is 3.91. The predicted octanol–water partition coefficient (Wildman–Crippen LogP) is 3.22. The first-order chi connectivity index (χ1) is 11.4. The molecule has 2 aromatic heterocycles. The highest BCUT2D eigenvalue weighted by Crippen LogP contribution is 2.39. The number of aromatic amines is 1. The first-order valence-corrected chi connectivity index (χ1v) is 8.78. The number of amides is 1. The number of pyridine rings is 1. The van der Waals surface area contributed by atoms with Crippen molar-refractivity contribution in [2.75, 3.05) is 23.3 Å². The minimum Gasteiger partial charge on any atom is -0.368 e. The van der Waals surface area contributed by atoms with Crippen molar-refractivity contribution in [2.45, 2.75) is 32.5 Å². The fraction of sp³-hybridized carbons (Fsp3) is 0.500. The summed E-state index contributed by atoms with van der Waals surface area (Å²) in [6.45, 7) is 4.66. The number of H-pyrrole nitrogens is 1. The Kier molecular flexibility index (Phi) is 6.29. The molecule has 0 unspecified atom stereocenters. The zero-order chi connectivity index (χ0) is 17.4. The van der Waals surface area contributed by atoms with E-state index in [-0.39, 0.29) is 24.2 Å². The Balaban J connectivity index is 0.00000225. The van der Waals surface area contributed by atoms with Crippen LogP contribution in [0.4, 0.5) is 15.8 Å². The van der Waals surface area contributed by atoms with Gasteiger partial charge in [-0.1, -0.05) is 13.8 Å². The summed E-state index contributed by atoms with van der Waals surface area (Å²) in [5.41, 5.74) is 8.13. The van der Waals surface area contributed by atoms with E-state index >= 15 is 0 Å². The monoisotopic (exact) mass is 433 g/mol. The summed E-state index contributed by atoms with van der Waals surface area (Å²) < 4.78 is 14.5. The van der Waals surface area contributed by atoms with Gasteiger partial charge in [-0.15, -0.1) is 12.4 Å². The van der Waals surface area contributed by atoms with Crippen LogP contribution in [0.1, 0.15) is 20.3 Å². The van der Waals surface area contributed by atoms with E-state index in [1.807, 2.05) is 18.7 Å². The second-order valence-corrected chi connectivity index (χ2v) is 7.29. The number of carbonyl (C=O) groups is 1. The van der Waals surface area contributed by atoms with Crippen molar-refractivity contribution in [2.24, 2.45) is 11.7 Å². The van der Waals surface area contributed by atoms with Crippen LogP contribution in [0.25, 0.3) is 11.0 Å². The van der Waals surface area contributed by atoms with Crippen LogP contribution in [0, 0.1) is 5.92 Å². The van der Waals surface area contributed by atoms with E-state index in [0.29, 0.717) is 30.8 Å². The molecule has 6 nitrogen and oxygen atoms in total. The molecule has 1 aliphatic heterocycles. The van der Waals surface area contributed by atoms with Crippen molar-refractivity contribution in [3.8, 4) is 0 Å². The van der Waals surface area contributed by atoms with Crippen molar-refractivity contribution in [1.29, 1.82) is 0 Å². The van der Waals surface area contributed by atoms with E-state index in [1.165, 1.54) is 0 Å². The normalized spacial score (nSPS) is 20.6. The Morgan fingerprint density at radius 2 is 2.28 bits per heavy atom. The van der Waals surface area contributed by atoms with Gasteiger partial charge in [-0.3, -0.25) is 4.79 Å². The van der Waals surface area contributed by atoms with Crippen molar-refractivity contribution < 1.29 is 9.18 Å². The van der Waals surface area contributed by atoms with Crippen molar-refractivity contribution in [3.05, 3.63) is 16.9 Å². The molecule has 25 heavy (non-hydrogen) atoms. The number of rotatable bonds is 3. The lowest BCUT2D eigenvalue weighted by Crippen LogP contribution is -2.50. The van der Waals surface area contributed by atoms with E-state index in [2.05, 4.69) is 31.2 Å². The maximum atomic E-state index is 13.7. The van der Waals surface area contributed by atoms with Crippen molar-refractivity contribution in [1.82, 2.24) is 9.97 Å². The summed E-state index contributed by atoms with van der Waals surface area (Å²) in [4.78, 5) is 21.6. The number of nitrogens with zero attached hydrogens (tertiary/aromatic N) is 2. The molecule has 2 aromatic rings. The highest BCUT2D eigenvalue weighted by atomic mass is 79.9. The van der Waals surface area contributed by atoms with Crippen LogP contribution < -0.4 is 16.0 Å². The van der Waals surface area contributed by atoms with Gasteiger partial charge >= 0.3 is 0 Å². The topological polar surface area (TPSA) is 87.0 Å². The number of halogens is 3. The smallest absolute Gasteiger partial charge is 0.226 e. The lowest BCUT2D eigenvalue weighted by atomic mass is 10.0. The summed E-state index contributed by atoms with van der Waals surface area (Å²) >= 11 is 3.54. The highest BCUT2D eigenvalue weighted by Gasteiger charge is 2.29. The number of aromatic nitrogens is 2. The van der Waals surface area contributed by atoms with Gasteiger partial charge in [-0.25, -0.2) is 9.37 Å². The number of piperidine rings is 1. The Labute approximate surface area is 160 Å². The number of nitrogens with two attached hydrogens (primary N) is 1. The van der Waals surface area contributed by atoms with Crippen LogP contribution in [-0.4, -0.2) is 41.2 Å². The van der Waals surface area contributed by atoms with Crippen LogP contribution in [0.15, 0.2) is 16.9 Å². The molecule has 2 atom stereocenters.